The van der Waals surface area contributed by atoms with Crippen LogP contribution in [-0.2, 0) is 11.8 Å². The van der Waals surface area contributed by atoms with Crippen molar-refractivity contribution < 1.29 is 23.4 Å². The van der Waals surface area contributed by atoms with E-state index in [4.69, 9.17) is 9.47 Å². The summed E-state index contributed by atoms with van der Waals surface area (Å²) in [6, 6.07) is 12.8. The minimum Gasteiger partial charge on any atom is -0.480 e. The maximum absolute atomic E-state index is 12.8. The molecule has 0 unspecified atom stereocenters. The van der Waals surface area contributed by atoms with Crippen molar-refractivity contribution in [3.05, 3.63) is 59.4 Å². The van der Waals surface area contributed by atoms with E-state index in [1.54, 1.807) is 6.07 Å². The molecule has 0 radical (unpaired) electrons. The smallest absolute Gasteiger partial charge is 0.261 e. The van der Waals surface area contributed by atoms with Gasteiger partial charge in [-0.1, -0.05) is 36.4 Å². The molecule has 1 aliphatic heterocycles. The molecule has 3 aromatic rings. The van der Waals surface area contributed by atoms with Gasteiger partial charge in [-0.15, -0.1) is 0 Å². The molecule has 1 aromatic heterocycles. The zero-order valence-corrected chi connectivity index (χ0v) is 15.0. The predicted molar refractivity (Wildman–Crippen MR) is 96.0 cm³/mol. The van der Waals surface area contributed by atoms with Gasteiger partial charge in [-0.05, 0) is 18.6 Å². The molecule has 4 rings (SSSR count). The van der Waals surface area contributed by atoms with E-state index >= 15 is 0 Å². The molecule has 0 bridgehead atoms. The minimum absolute atomic E-state index is 0.467. The maximum Gasteiger partial charge on any atom is 0.261 e. The van der Waals surface area contributed by atoms with Gasteiger partial charge >= 0.3 is 0 Å². The first kappa shape index (κ1) is 17.9. The van der Waals surface area contributed by atoms with E-state index in [0.29, 0.717) is 16.8 Å². The van der Waals surface area contributed by atoms with E-state index < -0.39 is 31.3 Å². The summed E-state index contributed by atoms with van der Waals surface area (Å²) in [6.07, 6.45) is -5.42. The van der Waals surface area contributed by atoms with Gasteiger partial charge in [-0.3, -0.25) is 0 Å². The summed E-state index contributed by atoms with van der Waals surface area (Å²) in [4.78, 5) is 4.56. The molecular formula is C20H20F2N2O3. The van der Waals surface area contributed by atoms with Crippen molar-refractivity contribution in [2.75, 3.05) is 6.61 Å². The first-order valence-corrected chi connectivity index (χ1v) is 8.72. The molecule has 142 valence electrons. The number of hydrogen-bond acceptors (Lipinski definition) is 4. The highest BCUT2D eigenvalue weighted by Gasteiger charge is 2.40. The zero-order valence-electron chi connectivity index (χ0n) is 15.0. The molecule has 0 amide bonds. The molecule has 0 saturated carbocycles. The van der Waals surface area contributed by atoms with E-state index in [-0.39, 0.29) is 0 Å². The summed E-state index contributed by atoms with van der Waals surface area (Å²) in [5, 5.41) is 10.9. The molecule has 0 spiro atoms. The summed E-state index contributed by atoms with van der Waals surface area (Å²) < 4.78 is 39.0. The molecule has 0 aliphatic carbocycles. The van der Waals surface area contributed by atoms with Crippen molar-refractivity contribution >= 4 is 11.0 Å². The molecule has 3 atom stereocenters. The number of aromatic nitrogens is 2. The van der Waals surface area contributed by atoms with Gasteiger partial charge in [0.25, 0.3) is 6.43 Å². The number of nitrogens with zero attached hydrogens (tertiary/aromatic N) is 2. The Bertz CT molecular complexity index is 959. The van der Waals surface area contributed by atoms with Gasteiger partial charge in [0, 0.05) is 12.6 Å². The molecule has 2 aromatic carbocycles. The largest absolute Gasteiger partial charge is 0.480 e. The second kappa shape index (κ2) is 6.90. The molecular weight excluding hydrogens is 354 g/mol. The molecule has 7 heteroatoms. The van der Waals surface area contributed by atoms with Gasteiger partial charge in [0.1, 0.15) is 30.2 Å². The Kier molecular flexibility index (Phi) is 4.57. The third-order valence-electron chi connectivity index (χ3n) is 4.96. The highest BCUT2D eigenvalue weighted by Crippen LogP contribution is 2.46. The van der Waals surface area contributed by atoms with Gasteiger partial charge in [-0.25, -0.2) is 13.8 Å². The van der Waals surface area contributed by atoms with Crippen LogP contribution in [0.15, 0.2) is 42.5 Å². The Hall–Kier alpha value is -2.51. The highest BCUT2D eigenvalue weighted by atomic mass is 19.3. The third kappa shape index (κ3) is 3.07. The Labute approximate surface area is 155 Å². The highest BCUT2D eigenvalue weighted by molar-refractivity contribution is 5.84. The Morgan fingerprint density at radius 1 is 1.22 bits per heavy atom. The van der Waals surface area contributed by atoms with Gasteiger partial charge in [0.05, 0.1) is 5.52 Å². The van der Waals surface area contributed by atoms with Crippen LogP contribution in [0, 0.1) is 6.92 Å². The normalized spacial score (nSPS) is 22.1. The predicted octanol–water partition coefficient (Wildman–Crippen LogP) is 3.70. The Morgan fingerprint density at radius 2 is 1.96 bits per heavy atom. The summed E-state index contributed by atoms with van der Waals surface area (Å²) in [5.74, 6) is 1.27. The SMILES string of the molecule is Cc1nc2c3c(ccc2n1C)[C@@H](OCC(F)F)[C@H](O)[C@@H](c1ccccc1)O3. The monoisotopic (exact) mass is 374 g/mol. The number of rotatable bonds is 4. The van der Waals surface area contributed by atoms with Crippen LogP contribution in [0.25, 0.3) is 11.0 Å². The Morgan fingerprint density at radius 3 is 2.67 bits per heavy atom. The lowest BCUT2D eigenvalue weighted by molar-refractivity contribution is -0.121. The van der Waals surface area contributed by atoms with Gasteiger partial charge in [-0.2, -0.15) is 0 Å². The van der Waals surface area contributed by atoms with Crippen LogP contribution in [0.5, 0.6) is 5.75 Å². The lowest BCUT2D eigenvalue weighted by Crippen LogP contribution is -2.36. The number of aliphatic hydroxyl groups excluding tert-OH is 1. The first-order valence-electron chi connectivity index (χ1n) is 8.72. The number of aliphatic hydroxyl groups is 1. The van der Waals surface area contributed by atoms with E-state index in [9.17, 15) is 13.9 Å². The molecule has 2 heterocycles. The summed E-state index contributed by atoms with van der Waals surface area (Å²) in [7, 11) is 1.90. The van der Waals surface area contributed by atoms with Crippen LogP contribution in [0.4, 0.5) is 8.78 Å². The fourth-order valence-electron chi connectivity index (χ4n) is 3.53. The van der Waals surface area contributed by atoms with E-state index in [0.717, 1.165) is 16.9 Å². The molecule has 0 fully saturated rings. The van der Waals surface area contributed by atoms with Crippen LogP contribution in [0.1, 0.15) is 29.2 Å². The average molecular weight is 374 g/mol. The average Bonchev–Trinajstić information content (AvgIpc) is 2.95. The minimum atomic E-state index is -2.63. The number of aryl methyl sites for hydroxylation is 2. The lowest BCUT2D eigenvalue weighted by atomic mass is 9.91. The second-order valence-electron chi connectivity index (χ2n) is 6.65. The topological polar surface area (TPSA) is 56.5 Å². The number of alkyl halides is 2. The van der Waals surface area contributed by atoms with Crippen molar-refractivity contribution in [3.8, 4) is 5.75 Å². The van der Waals surface area contributed by atoms with Crippen LogP contribution in [-0.4, -0.2) is 33.8 Å². The first-order chi connectivity index (χ1) is 13.0. The molecule has 0 saturated heterocycles. The fourth-order valence-corrected chi connectivity index (χ4v) is 3.53. The molecule has 1 aliphatic rings. The molecule has 1 N–H and O–H groups in total. The maximum atomic E-state index is 12.8. The summed E-state index contributed by atoms with van der Waals surface area (Å²) in [5.41, 5.74) is 2.76. The second-order valence-corrected chi connectivity index (χ2v) is 6.65. The van der Waals surface area contributed by atoms with Gasteiger partial charge in [0.15, 0.2) is 11.9 Å². The van der Waals surface area contributed by atoms with E-state index in [1.165, 1.54) is 0 Å². The van der Waals surface area contributed by atoms with Crippen molar-refractivity contribution in [1.29, 1.82) is 0 Å². The number of benzene rings is 2. The number of ether oxygens (including phenoxy) is 2. The quantitative estimate of drug-likeness (QED) is 0.757. The van der Waals surface area contributed by atoms with Crippen LogP contribution < -0.4 is 4.74 Å². The number of imidazole rings is 1. The lowest BCUT2D eigenvalue weighted by Gasteiger charge is -2.36. The third-order valence-corrected chi connectivity index (χ3v) is 4.96. The fraction of sp³-hybridized carbons (Fsp3) is 0.350. The van der Waals surface area contributed by atoms with E-state index in [1.807, 2.05) is 54.9 Å². The standard InChI is InChI=1S/C20H20F2N2O3/c1-11-23-16-14(24(11)2)9-8-13-19(16)27-18(12-6-4-3-5-7-12)17(25)20(13)26-10-15(21)22/h3-9,15,17-18,20,25H,10H2,1-2H3/t17-,18-,20-/m1/s1. The van der Waals surface area contributed by atoms with Crippen molar-refractivity contribution in [3.63, 3.8) is 0 Å². The van der Waals surface area contributed by atoms with E-state index in [2.05, 4.69) is 4.98 Å². The van der Waals surface area contributed by atoms with Gasteiger partial charge in [0.2, 0.25) is 0 Å². The Balaban J connectivity index is 1.85. The number of hydrogen-bond donors (Lipinski definition) is 1. The summed E-state index contributed by atoms with van der Waals surface area (Å²) in [6.45, 7) is 1.12. The van der Waals surface area contributed by atoms with Crippen LogP contribution in [0.3, 0.4) is 0 Å². The van der Waals surface area contributed by atoms with Crippen molar-refractivity contribution in [2.45, 2.75) is 31.7 Å². The molecule has 27 heavy (non-hydrogen) atoms. The van der Waals surface area contributed by atoms with Crippen LogP contribution >= 0.6 is 0 Å². The van der Waals surface area contributed by atoms with Crippen molar-refractivity contribution in [2.24, 2.45) is 7.05 Å². The summed E-state index contributed by atoms with van der Waals surface area (Å²) >= 11 is 0. The van der Waals surface area contributed by atoms with Gasteiger partial charge < -0.3 is 19.1 Å². The zero-order chi connectivity index (χ0) is 19.1. The van der Waals surface area contributed by atoms with Crippen LogP contribution in [0.2, 0.25) is 0 Å². The molecule has 5 nitrogen and oxygen atoms in total. The number of halogens is 2. The van der Waals surface area contributed by atoms with Crippen molar-refractivity contribution in [1.82, 2.24) is 9.55 Å². The number of fused-ring (bicyclic) bond motifs is 3.